The number of carbonyl (C=O) groups is 2. The number of nitrogens with zero attached hydrogens (tertiary/aromatic N) is 3. The van der Waals surface area contributed by atoms with E-state index in [1.165, 1.54) is 47.4 Å². The molecule has 4 aromatic carbocycles. The molecule has 0 heterocycles. The summed E-state index contributed by atoms with van der Waals surface area (Å²) in [6.07, 6.45) is 0.0927. The molecule has 4 rings (SSSR count). The second-order valence-corrected chi connectivity index (χ2v) is 13.4. The Morgan fingerprint density at radius 1 is 0.870 bits per heavy atom. The van der Waals surface area contributed by atoms with Crippen LogP contribution in [0, 0.1) is 10.1 Å². The monoisotopic (exact) mass is 682 g/mol. The molecule has 0 saturated heterocycles. The summed E-state index contributed by atoms with van der Waals surface area (Å²) in [7, 11) is -4.43. The Bertz CT molecular complexity index is 1790. The molecule has 46 heavy (non-hydrogen) atoms. The van der Waals surface area contributed by atoms with Gasteiger partial charge in [-0.05, 0) is 49.7 Å². The van der Waals surface area contributed by atoms with E-state index in [0.29, 0.717) is 5.56 Å². The molecule has 1 N–H and O–H groups in total. The Hall–Kier alpha value is -4.45. The Balaban J connectivity index is 1.86. The van der Waals surface area contributed by atoms with Crippen LogP contribution in [0.3, 0.4) is 0 Å². The van der Waals surface area contributed by atoms with Gasteiger partial charge in [-0.15, -0.1) is 0 Å². The van der Waals surface area contributed by atoms with Crippen LogP contribution in [0.1, 0.15) is 25.0 Å². The third-order valence-corrected chi connectivity index (χ3v) is 9.53. The molecule has 0 saturated carbocycles. The van der Waals surface area contributed by atoms with Gasteiger partial charge in [0.05, 0.1) is 15.5 Å². The number of nitrogens with one attached hydrogen (secondary N) is 1. The summed E-state index contributed by atoms with van der Waals surface area (Å²) in [4.78, 5) is 40.3. The van der Waals surface area contributed by atoms with E-state index in [2.05, 4.69) is 5.32 Å². The highest BCUT2D eigenvalue weighted by atomic mass is 35.5. The standard InChI is InChI=1S/C33H32Cl2N4O6S/c1-23(2)36-33(41)31(19-24-11-5-3-6-12-24)37(21-28-29(34)17-10-18-30(28)35)32(40)22-38(25-13-9-14-26(20-25)39(42)43)46(44,45)27-15-7-4-8-16-27/h3-18,20,23,31H,19,21-22H2,1-2H3,(H,36,41). The van der Waals surface area contributed by atoms with Gasteiger partial charge in [0, 0.05) is 46.7 Å². The smallest absolute Gasteiger partial charge is 0.271 e. The average molecular weight is 684 g/mol. The maximum absolute atomic E-state index is 14.5. The number of sulfonamides is 1. The minimum Gasteiger partial charge on any atom is -0.352 e. The highest BCUT2D eigenvalue weighted by molar-refractivity contribution is 7.92. The zero-order valence-electron chi connectivity index (χ0n) is 25.0. The zero-order chi connectivity index (χ0) is 33.4. The van der Waals surface area contributed by atoms with Crippen LogP contribution in [0.25, 0.3) is 0 Å². The van der Waals surface area contributed by atoms with E-state index >= 15 is 0 Å². The van der Waals surface area contributed by atoms with Crippen molar-refractivity contribution >= 4 is 56.4 Å². The second kappa shape index (κ2) is 15.2. The minimum absolute atomic E-state index is 0.0927. The predicted octanol–water partition coefficient (Wildman–Crippen LogP) is 6.26. The van der Waals surface area contributed by atoms with Crippen molar-refractivity contribution in [1.82, 2.24) is 10.2 Å². The Labute approximate surface area is 277 Å². The number of halogens is 2. The molecule has 1 unspecified atom stereocenters. The van der Waals surface area contributed by atoms with Crippen molar-refractivity contribution in [2.75, 3.05) is 10.8 Å². The topological polar surface area (TPSA) is 130 Å². The fraction of sp³-hybridized carbons (Fsp3) is 0.212. The molecular formula is C33H32Cl2N4O6S. The number of nitro benzene ring substituents is 1. The van der Waals surface area contributed by atoms with Crippen molar-refractivity contribution in [2.45, 2.75) is 43.8 Å². The Morgan fingerprint density at radius 2 is 1.46 bits per heavy atom. The van der Waals surface area contributed by atoms with Crippen molar-refractivity contribution in [3.8, 4) is 0 Å². The lowest BCUT2D eigenvalue weighted by atomic mass is 10.0. The summed E-state index contributed by atoms with van der Waals surface area (Å²) < 4.78 is 28.9. The van der Waals surface area contributed by atoms with Gasteiger partial charge in [-0.1, -0.05) is 83.9 Å². The lowest BCUT2D eigenvalue weighted by Gasteiger charge is -2.34. The Morgan fingerprint density at radius 3 is 2.04 bits per heavy atom. The number of rotatable bonds is 13. The maximum atomic E-state index is 14.5. The number of hydrogen-bond acceptors (Lipinski definition) is 6. The molecule has 0 aliphatic carbocycles. The van der Waals surface area contributed by atoms with E-state index in [1.807, 2.05) is 18.2 Å². The van der Waals surface area contributed by atoms with Crippen LogP contribution in [0.4, 0.5) is 11.4 Å². The molecule has 0 bridgehead atoms. The first kappa shape index (κ1) is 34.4. The maximum Gasteiger partial charge on any atom is 0.271 e. The van der Waals surface area contributed by atoms with Crippen molar-refractivity contribution in [2.24, 2.45) is 0 Å². The number of anilines is 1. The van der Waals surface area contributed by atoms with Crippen LogP contribution in [0.15, 0.2) is 108 Å². The highest BCUT2D eigenvalue weighted by Gasteiger charge is 2.35. The van der Waals surface area contributed by atoms with Crippen LogP contribution >= 0.6 is 23.2 Å². The largest absolute Gasteiger partial charge is 0.352 e. The molecule has 0 aliphatic heterocycles. The molecule has 0 spiro atoms. The SMILES string of the molecule is CC(C)NC(=O)C(Cc1ccccc1)N(Cc1c(Cl)cccc1Cl)C(=O)CN(c1cccc([N+](=O)[O-])c1)S(=O)(=O)c1ccccc1. The molecule has 1 atom stereocenters. The van der Waals surface area contributed by atoms with E-state index in [9.17, 15) is 28.1 Å². The molecule has 240 valence electrons. The quantitative estimate of drug-likeness (QED) is 0.131. The fourth-order valence-corrected chi connectivity index (χ4v) is 6.74. The van der Waals surface area contributed by atoms with Crippen LogP contribution in [-0.2, 0) is 32.6 Å². The molecular weight excluding hydrogens is 651 g/mol. The average Bonchev–Trinajstić information content (AvgIpc) is 3.03. The van der Waals surface area contributed by atoms with Gasteiger partial charge in [0.25, 0.3) is 15.7 Å². The molecule has 4 aromatic rings. The van der Waals surface area contributed by atoms with Crippen molar-refractivity contribution < 1.29 is 22.9 Å². The first-order chi connectivity index (χ1) is 21.9. The number of nitro groups is 1. The summed E-state index contributed by atoms with van der Waals surface area (Å²) >= 11 is 13.0. The van der Waals surface area contributed by atoms with E-state index in [4.69, 9.17) is 23.2 Å². The van der Waals surface area contributed by atoms with Gasteiger partial charge in [-0.3, -0.25) is 24.0 Å². The van der Waals surface area contributed by atoms with Crippen LogP contribution in [0.5, 0.6) is 0 Å². The minimum atomic E-state index is -4.43. The normalized spacial score (nSPS) is 11.9. The molecule has 10 nitrogen and oxygen atoms in total. The van der Waals surface area contributed by atoms with Crippen molar-refractivity contribution in [3.05, 3.63) is 134 Å². The van der Waals surface area contributed by atoms with Crippen LogP contribution in [0.2, 0.25) is 10.0 Å². The molecule has 0 fully saturated rings. The number of non-ortho nitro benzene ring substituents is 1. The van der Waals surface area contributed by atoms with Crippen molar-refractivity contribution in [1.29, 1.82) is 0 Å². The zero-order valence-corrected chi connectivity index (χ0v) is 27.4. The highest BCUT2D eigenvalue weighted by Crippen LogP contribution is 2.30. The third kappa shape index (κ3) is 8.42. The second-order valence-electron chi connectivity index (χ2n) is 10.7. The van der Waals surface area contributed by atoms with E-state index in [-0.39, 0.29) is 45.3 Å². The summed E-state index contributed by atoms with van der Waals surface area (Å²) in [5.41, 5.74) is 0.647. The summed E-state index contributed by atoms with van der Waals surface area (Å²) in [6, 6.07) is 24.9. The van der Waals surface area contributed by atoms with Crippen molar-refractivity contribution in [3.63, 3.8) is 0 Å². The molecule has 2 amide bonds. The van der Waals surface area contributed by atoms with Crippen LogP contribution in [-0.4, -0.2) is 48.7 Å². The predicted molar refractivity (Wildman–Crippen MR) is 178 cm³/mol. The van der Waals surface area contributed by atoms with Gasteiger partial charge < -0.3 is 10.2 Å². The first-order valence-corrected chi connectivity index (χ1v) is 16.5. The van der Waals surface area contributed by atoms with Gasteiger partial charge >= 0.3 is 0 Å². The van der Waals surface area contributed by atoms with Gasteiger partial charge in [0.2, 0.25) is 11.8 Å². The van der Waals surface area contributed by atoms with E-state index in [1.54, 1.807) is 50.2 Å². The number of carbonyl (C=O) groups excluding carboxylic acids is 2. The molecule has 0 aromatic heterocycles. The van der Waals surface area contributed by atoms with Crippen LogP contribution < -0.4 is 9.62 Å². The van der Waals surface area contributed by atoms with Gasteiger partial charge in [-0.25, -0.2) is 8.42 Å². The molecule has 0 radical (unpaired) electrons. The lowest BCUT2D eigenvalue weighted by Crippen LogP contribution is -2.54. The summed E-state index contributed by atoms with van der Waals surface area (Å²) in [6.45, 7) is 2.55. The summed E-state index contributed by atoms with van der Waals surface area (Å²) in [5, 5.41) is 15.0. The fourth-order valence-electron chi connectivity index (χ4n) is 4.80. The number of hydrogen-bond donors (Lipinski definition) is 1. The van der Waals surface area contributed by atoms with Gasteiger partial charge in [0.1, 0.15) is 12.6 Å². The van der Waals surface area contributed by atoms with E-state index < -0.39 is 39.3 Å². The van der Waals surface area contributed by atoms with Gasteiger partial charge in [-0.2, -0.15) is 0 Å². The molecule has 13 heteroatoms. The van der Waals surface area contributed by atoms with E-state index in [0.717, 1.165) is 15.9 Å². The first-order valence-electron chi connectivity index (χ1n) is 14.3. The molecule has 0 aliphatic rings. The lowest BCUT2D eigenvalue weighted by molar-refractivity contribution is -0.384. The number of amides is 2. The Kier molecular flexibility index (Phi) is 11.4. The summed E-state index contributed by atoms with van der Waals surface area (Å²) in [5.74, 6) is -1.23. The van der Waals surface area contributed by atoms with Gasteiger partial charge in [0.15, 0.2) is 0 Å². The number of benzene rings is 4. The third-order valence-electron chi connectivity index (χ3n) is 7.03.